The van der Waals surface area contributed by atoms with Crippen LogP contribution in [0.5, 0.6) is 0 Å². The summed E-state index contributed by atoms with van der Waals surface area (Å²) in [6, 6.07) is 2.98. The summed E-state index contributed by atoms with van der Waals surface area (Å²) in [4.78, 5) is 23.2. The Labute approximate surface area is 126 Å². The zero-order valence-corrected chi connectivity index (χ0v) is 12.5. The average molecular weight is 306 g/mol. The van der Waals surface area contributed by atoms with Crippen molar-refractivity contribution in [3.8, 4) is 0 Å². The van der Waals surface area contributed by atoms with Crippen LogP contribution in [0, 0.1) is 27.9 Å². The third kappa shape index (κ3) is 2.25. The molecular weight excluding hydrogens is 288 g/mol. The highest BCUT2D eigenvalue weighted by atomic mass is 32.1. The number of nitrogens with zero attached hydrogens (tertiary/aromatic N) is 1. The number of nitro groups is 1. The molecule has 4 aliphatic carbocycles. The number of amides is 1. The Morgan fingerprint density at radius 3 is 2.24 bits per heavy atom. The van der Waals surface area contributed by atoms with Crippen molar-refractivity contribution in [2.45, 2.75) is 44.1 Å². The highest BCUT2D eigenvalue weighted by Gasteiger charge is 2.51. The Morgan fingerprint density at radius 1 is 1.19 bits per heavy atom. The third-order valence-electron chi connectivity index (χ3n) is 5.41. The molecule has 1 aromatic heterocycles. The molecule has 5 rings (SSSR count). The molecule has 0 radical (unpaired) electrons. The lowest BCUT2D eigenvalue weighted by atomic mass is 9.53. The van der Waals surface area contributed by atoms with Gasteiger partial charge in [-0.1, -0.05) is 11.3 Å². The van der Waals surface area contributed by atoms with E-state index in [0.717, 1.165) is 48.4 Å². The van der Waals surface area contributed by atoms with Gasteiger partial charge >= 0.3 is 5.00 Å². The van der Waals surface area contributed by atoms with E-state index in [9.17, 15) is 14.9 Å². The normalized spacial score (nSPS) is 36.7. The first kappa shape index (κ1) is 13.2. The first-order valence-corrected chi connectivity index (χ1v) is 8.41. The van der Waals surface area contributed by atoms with Crippen LogP contribution < -0.4 is 5.32 Å². The molecule has 0 unspecified atom stereocenters. The van der Waals surface area contributed by atoms with Gasteiger partial charge in [-0.3, -0.25) is 14.9 Å². The first-order valence-electron chi connectivity index (χ1n) is 7.60. The number of carbonyl (C=O) groups is 1. The SMILES string of the molecule is O=C(NC12CC3CC(CC(C3)C1)C2)c1ccc([N+](=O)[O-])s1. The topological polar surface area (TPSA) is 72.2 Å². The van der Waals surface area contributed by atoms with Crippen molar-refractivity contribution in [1.82, 2.24) is 5.32 Å². The van der Waals surface area contributed by atoms with E-state index >= 15 is 0 Å². The number of carbonyl (C=O) groups excluding carboxylic acids is 1. The summed E-state index contributed by atoms with van der Waals surface area (Å²) < 4.78 is 0. The minimum absolute atomic E-state index is 0.0330. The predicted molar refractivity (Wildman–Crippen MR) is 79.3 cm³/mol. The van der Waals surface area contributed by atoms with Crippen LogP contribution in [0.2, 0.25) is 0 Å². The van der Waals surface area contributed by atoms with Crippen LogP contribution >= 0.6 is 11.3 Å². The molecule has 4 bridgehead atoms. The number of rotatable bonds is 3. The Morgan fingerprint density at radius 2 is 1.76 bits per heavy atom. The maximum absolute atomic E-state index is 12.4. The average Bonchev–Trinajstić information content (AvgIpc) is 2.85. The molecule has 1 heterocycles. The summed E-state index contributed by atoms with van der Waals surface area (Å²) in [5, 5.41) is 14.0. The molecule has 4 fully saturated rings. The number of hydrogen-bond donors (Lipinski definition) is 1. The van der Waals surface area contributed by atoms with Crippen molar-refractivity contribution >= 4 is 22.2 Å². The summed E-state index contributed by atoms with van der Waals surface area (Å²) >= 11 is 0.967. The van der Waals surface area contributed by atoms with Crippen LogP contribution in [-0.4, -0.2) is 16.4 Å². The van der Waals surface area contributed by atoms with E-state index in [4.69, 9.17) is 0 Å². The van der Waals surface area contributed by atoms with Crippen molar-refractivity contribution in [2.75, 3.05) is 0 Å². The van der Waals surface area contributed by atoms with E-state index in [-0.39, 0.29) is 16.4 Å². The smallest absolute Gasteiger partial charge is 0.324 e. The fourth-order valence-corrected chi connectivity index (χ4v) is 5.83. The standard InChI is InChI=1S/C15H18N2O3S/c18-14(12-1-2-13(21-12)17(19)20)16-15-6-9-3-10(7-15)5-11(4-9)8-15/h1-2,9-11H,3-8H2,(H,16,18). The molecule has 4 aliphatic rings. The monoisotopic (exact) mass is 306 g/mol. The highest BCUT2D eigenvalue weighted by molar-refractivity contribution is 7.17. The van der Waals surface area contributed by atoms with Gasteiger partial charge in [0.25, 0.3) is 5.91 Å². The molecule has 1 N–H and O–H groups in total. The van der Waals surface area contributed by atoms with Gasteiger partial charge < -0.3 is 5.32 Å². The van der Waals surface area contributed by atoms with E-state index in [2.05, 4.69) is 5.32 Å². The summed E-state index contributed by atoms with van der Waals surface area (Å²) in [7, 11) is 0. The molecule has 1 aromatic rings. The lowest BCUT2D eigenvalue weighted by molar-refractivity contribution is -0.380. The Kier molecular flexibility index (Phi) is 2.86. The quantitative estimate of drug-likeness (QED) is 0.687. The fraction of sp³-hybridized carbons (Fsp3) is 0.667. The molecular formula is C15H18N2O3S. The van der Waals surface area contributed by atoms with Gasteiger partial charge in [0.05, 0.1) is 9.80 Å². The Bertz CT molecular complexity index is 575. The number of nitrogens with one attached hydrogen (secondary N) is 1. The predicted octanol–water partition coefficient (Wildman–Crippen LogP) is 3.35. The molecule has 4 saturated carbocycles. The molecule has 0 aromatic carbocycles. The Balaban J connectivity index is 1.52. The molecule has 21 heavy (non-hydrogen) atoms. The fourth-order valence-electron chi connectivity index (χ4n) is 5.11. The van der Waals surface area contributed by atoms with Crippen LogP contribution in [0.1, 0.15) is 48.2 Å². The second-order valence-corrected chi connectivity index (χ2v) is 8.11. The van der Waals surface area contributed by atoms with Gasteiger partial charge in [-0.25, -0.2) is 0 Å². The van der Waals surface area contributed by atoms with Gasteiger partial charge in [0.15, 0.2) is 0 Å². The minimum Gasteiger partial charge on any atom is -0.346 e. The maximum Gasteiger partial charge on any atom is 0.324 e. The summed E-state index contributed by atoms with van der Waals surface area (Å²) in [6.07, 6.45) is 7.29. The zero-order valence-electron chi connectivity index (χ0n) is 11.7. The van der Waals surface area contributed by atoms with E-state index < -0.39 is 4.92 Å². The van der Waals surface area contributed by atoms with Gasteiger partial charge in [-0.2, -0.15) is 0 Å². The second kappa shape index (κ2) is 4.53. The molecule has 5 nitrogen and oxygen atoms in total. The number of hydrogen-bond acceptors (Lipinski definition) is 4. The summed E-state index contributed by atoms with van der Waals surface area (Å²) in [5.41, 5.74) is -0.0371. The van der Waals surface area contributed by atoms with Gasteiger partial charge in [0, 0.05) is 11.6 Å². The van der Waals surface area contributed by atoms with Crippen molar-refractivity contribution in [3.05, 3.63) is 27.1 Å². The minimum atomic E-state index is -0.438. The zero-order chi connectivity index (χ0) is 14.6. The van der Waals surface area contributed by atoms with Gasteiger partial charge in [0.1, 0.15) is 0 Å². The van der Waals surface area contributed by atoms with Crippen molar-refractivity contribution in [1.29, 1.82) is 0 Å². The van der Waals surface area contributed by atoms with Crippen molar-refractivity contribution < 1.29 is 9.72 Å². The molecule has 0 spiro atoms. The molecule has 1 amide bonds. The molecule has 112 valence electrons. The van der Waals surface area contributed by atoms with E-state index in [1.807, 2.05) is 0 Å². The molecule has 6 heteroatoms. The molecule has 0 aliphatic heterocycles. The summed E-state index contributed by atoms with van der Waals surface area (Å²) in [6.45, 7) is 0. The van der Waals surface area contributed by atoms with Crippen LogP contribution in [0.25, 0.3) is 0 Å². The second-order valence-electron chi connectivity index (χ2n) is 7.05. The summed E-state index contributed by atoms with van der Waals surface area (Å²) in [5.74, 6) is 2.19. The largest absolute Gasteiger partial charge is 0.346 e. The van der Waals surface area contributed by atoms with Crippen molar-refractivity contribution in [3.63, 3.8) is 0 Å². The van der Waals surface area contributed by atoms with E-state index in [1.165, 1.54) is 25.3 Å². The van der Waals surface area contributed by atoms with Crippen molar-refractivity contribution in [2.24, 2.45) is 17.8 Å². The lowest BCUT2D eigenvalue weighted by Crippen LogP contribution is -2.59. The lowest BCUT2D eigenvalue weighted by Gasteiger charge is -2.56. The molecule has 0 saturated heterocycles. The van der Waals surface area contributed by atoms with Gasteiger partial charge in [-0.15, -0.1) is 0 Å². The van der Waals surface area contributed by atoms with Crippen LogP contribution in [0.4, 0.5) is 5.00 Å². The highest BCUT2D eigenvalue weighted by Crippen LogP contribution is 2.55. The van der Waals surface area contributed by atoms with Gasteiger partial charge in [-0.05, 0) is 62.3 Å². The van der Waals surface area contributed by atoms with Gasteiger partial charge in [0.2, 0.25) is 0 Å². The van der Waals surface area contributed by atoms with E-state index in [1.54, 1.807) is 6.07 Å². The molecule has 0 atom stereocenters. The Hall–Kier alpha value is -1.43. The first-order chi connectivity index (χ1) is 10.0. The third-order valence-corrected chi connectivity index (χ3v) is 6.45. The van der Waals surface area contributed by atoms with E-state index in [0.29, 0.717) is 4.88 Å². The number of thiophene rings is 1. The van der Waals surface area contributed by atoms with Crippen LogP contribution in [-0.2, 0) is 0 Å². The maximum atomic E-state index is 12.4. The van der Waals surface area contributed by atoms with Crippen LogP contribution in [0.15, 0.2) is 12.1 Å². The van der Waals surface area contributed by atoms with Crippen LogP contribution in [0.3, 0.4) is 0 Å².